The number of hydrogen-bond donors (Lipinski definition) is 2. The van der Waals surface area contributed by atoms with E-state index in [4.69, 9.17) is 5.73 Å². The third-order valence-electron chi connectivity index (χ3n) is 2.33. The number of rotatable bonds is 4. The fourth-order valence-corrected chi connectivity index (χ4v) is 2.47. The lowest BCUT2D eigenvalue weighted by molar-refractivity contribution is 0.387. The first-order chi connectivity index (χ1) is 9.29. The zero-order valence-corrected chi connectivity index (χ0v) is 11.0. The van der Waals surface area contributed by atoms with Gasteiger partial charge in [-0.2, -0.15) is 4.98 Å². The number of nitrogen functional groups attached to an aromatic ring is 1. The van der Waals surface area contributed by atoms with Crippen molar-refractivity contribution < 1.29 is 21.7 Å². The normalized spacial score (nSPS) is 11.8. The highest BCUT2D eigenvalue weighted by molar-refractivity contribution is 7.89. The van der Waals surface area contributed by atoms with Gasteiger partial charge in [-0.05, 0) is 6.07 Å². The summed E-state index contributed by atoms with van der Waals surface area (Å²) in [4.78, 5) is 3.03. The van der Waals surface area contributed by atoms with Crippen LogP contribution in [-0.4, -0.2) is 18.6 Å². The van der Waals surface area contributed by atoms with Gasteiger partial charge >= 0.3 is 0 Å². The Morgan fingerprint density at radius 2 is 2.05 bits per heavy atom. The summed E-state index contributed by atoms with van der Waals surface area (Å²) in [5, 5.41) is 3.48. The summed E-state index contributed by atoms with van der Waals surface area (Å²) in [6.45, 7) is 1.24. The molecule has 0 fully saturated rings. The maximum absolute atomic E-state index is 13.5. The van der Waals surface area contributed by atoms with Crippen LogP contribution in [0.1, 0.15) is 11.7 Å². The number of nitrogens with one attached hydrogen (secondary N) is 1. The minimum atomic E-state index is -4.21. The Morgan fingerprint density at radius 1 is 1.35 bits per heavy atom. The first-order valence-corrected chi connectivity index (χ1v) is 6.81. The summed E-state index contributed by atoms with van der Waals surface area (Å²) >= 11 is 0. The molecule has 2 aromatic rings. The van der Waals surface area contributed by atoms with Crippen LogP contribution in [-0.2, 0) is 16.6 Å². The van der Waals surface area contributed by atoms with E-state index >= 15 is 0 Å². The van der Waals surface area contributed by atoms with Crippen molar-refractivity contribution in [1.82, 2.24) is 14.9 Å². The summed E-state index contributed by atoms with van der Waals surface area (Å²) in [6.07, 6.45) is 0. The summed E-state index contributed by atoms with van der Waals surface area (Å²) in [5.74, 6) is -1.93. The molecule has 0 aliphatic carbocycles. The van der Waals surface area contributed by atoms with Crippen LogP contribution < -0.4 is 10.5 Å². The van der Waals surface area contributed by atoms with Crippen molar-refractivity contribution in [3.05, 3.63) is 35.5 Å². The molecule has 1 aromatic heterocycles. The first-order valence-electron chi connectivity index (χ1n) is 5.33. The van der Waals surface area contributed by atoms with Gasteiger partial charge in [0.1, 0.15) is 16.5 Å². The van der Waals surface area contributed by atoms with Crippen molar-refractivity contribution in [1.29, 1.82) is 0 Å². The topological polar surface area (TPSA) is 111 Å². The van der Waals surface area contributed by atoms with E-state index < -0.39 is 32.2 Å². The number of nitrogens with two attached hydrogens (primary N) is 1. The van der Waals surface area contributed by atoms with Crippen LogP contribution in [0.25, 0.3) is 0 Å². The fraction of sp³-hybridized carbons (Fsp3) is 0.200. The molecule has 0 bridgehead atoms. The lowest BCUT2D eigenvalue weighted by Crippen LogP contribution is -2.25. The number of aryl methyl sites for hydroxylation is 1. The van der Waals surface area contributed by atoms with Crippen LogP contribution in [0.4, 0.5) is 14.5 Å². The van der Waals surface area contributed by atoms with Crippen LogP contribution in [0.3, 0.4) is 0 Å². The minimum absolute atomic E-state index is 0.0848. The number of nitrogens with zero attached hydrogens (tertiary/aromatic N) is 2. The minimum Gasteiger partial charge on any atom is -0.396 e. The van der Waals surface area contributed by atoms with Gasteiger partial charge in [-0.1, -0.05) is 5.16 Å². The highest BCUT2D eigenvalue weighted by Crippen LogP contribution is 2.20. The molecule has 3 N–H and O–H groups in total. The Kier molecular flexibility index (Phi) is 3.68. The summed E-state index contributed by atoms with van der Waals surface area (Å²) in [6, 6.07) is 1.11. The molecule has 0 aliphatic heterocycles. The number of benzene rings is 1. The molecule has 0 atom stereocenters. The Labute approximate surface area is 112 Å². The molecule has 2 rings (SSSR count). The molecule has 10 heteroatoms. The lowest BCUT2D eigenvalue weighted by Gasteiger charge is -2.07. The average Bonchev–Trinajstić information content (AvgIpc) is 2.77. The molecule has 0 saturated carbocycles. The standard InChI is InChI=1S/C10H10F2N4O3S/c1-5-15-10(16-19-5)4-14-20(17,18)9-3-8(13)6(11)2-7(9)12/h2-3,14H,4,13H2,1H3. The van der Waals surface area contributed by atoms with Gasteiger partial charge in [-0.15, -0.1) is 0 Å². The molecule has 0 radical (unpaired) electrons. The molecule has 20 heavy (non-hydrogen) atoms. The maximum atomic E-state index is 13.5. The van der Waals surface area contributed by atoms with E-state index in [9.17, 15) is 17.2 Å². The zero-order valence-electron chi connectivity index (χ0n) is 10.2. The van der Waals surface area contributed by atoms with Crippen LogP contribution in [0, 0.1) is 18.6 Å². The second kappa shape index (κ2) is 5.13. The van der Waals surface area contributed by atoms with E-state index in [2.05, 4.69) is 19.4 Å². The Balaban J connectivity index is 2.24. The predicted molar refractivity (Wildman–Crippen MR) is 63.8 cm³/mol. The van der Waals surface area contributed by atoms with Gasteiger partial charge in [0.05, 0.1) is 12.2 Å². The zero-order chi connectivity index (χ0) is 14.9. The molecule has 0 amide bonds. The molecule has 7 nitrogen and oxygen atoms in total. The number of hydrogen-bond acceptors (Lipinski definition) is 6. The van der Waals surface area contributed by atoms with Crippen LogP contribution in [0.5, 0.6) is 0 Å². The van der Waals surface area contributed by atoms with E-state index in [1.165, 1.54) is 6.92 Å². The van der Waals surface area contributed by atoms with Crippen LogP contribution in [0.15, 0.2) is 21.6 Å². The molecule has 1 heterocycles. The maximum Gasteiger partial charge on any atom is 0.243 e. The van der Waals surface area contributed by atoms with Crippen molar-refractivity contribution in [2.45, 2.75) is 18.4 Å². The third kappa shape index (κ3) is 2.91. The molecule has 0 unspecified atom stereocenters. The van der Waals surface area contributed by atoms with Gasteiger partial charge in [0, 0.05) is 13.0 Å². The van der Waals surface area contributed by atoms with Crippen molar-refractivity contribution in [2.24, 2.45) is 0 Å². The van der Waals surface area contributed by atoms with Gasteiger partial charge in [0.15, 0.2) is 5.82 Å². The predicted octanol–water partition coefficient (Wildman–Crippen LogP) is 0.717. The Hall–Kier alpha value is -2.07. The lowest BCUT2D eigenvalue weighted by atomic mass is 10.3. The molecule has 0 spiro atoms. The van der Waals surface area contributed by atoms with Gasteiger partial charge in [0.2, 0.25) is 15.9 Å². The van der Waals surface area contributed by atoms with E-state index in [1.807, 2.05) is 0 Å². The largest absolute Gasteiger partial charge is 0.396 e. The van der Waals surface area contributed by atoms with Gasteiger partial charge in [0.25, 0.3) is 0 Å². The second-order valence-corrected chi connectivity index (χ2v) is 5.59. The quantitative estimate of drug-likeness (QED) is 0.805. The fourth-order valence-electron chi connectivity index (χ4n) is 1.40. The van der Waals surface area contributed by atoms with Crippen LogP contribution in [0.2, 0.25) is 0 Å². The number of halogens is 2. The number of aromatic nitrogens is 2. The van der Waals surface area contributed by atoms with Gasteiger partial charge in [-0.25, -0.2) is 21.9 Å². The highest BCUT2D eigenvalue weighted by Gasteiger charge is 2.21. The number of sulfonamides is 1. The van der Waals surface area contributed by atoms with E-state index in [1.54, 1.807) is 0 Å². The van der Waals surface area contributed by atoms with Crippen molar-refractivity contribution in [2.75, 3.05) is 5.73 Å². The molecular weight excluding hydrogens is 294 g/mol. The van der Waals surface area contributed by atoms with Crippen molar-refractivity contribution in [3.63, 3.8) is 0 Å². The smallest absolute Gasteiger partial charge is 0.243 e. The summed E-state index contributed by atoms with van der Waals surface area (Å²) < 4.78 is 57.0. The van der Waals surface area contributed by atoms with E-state index in [0.29, 0.717) is 12.1 Å². The van der Waals surface area contributed by atoms with Crippen LogP contribution >= 0.6 is 0 Å². The van der Waals surface area contributed by atoms with E-state index in [0.717, 1.165) is 0 Å². The Morgan fingerprint density at radius 3 is 2.65 bits per heavy atom. The SMILES string of the molecule is Cc1nc(CNS(=O)(=O)c2cc(N)c(F)cc2F)no1. The molecule has 108 valence electrons. The summed E-state index contributed by atoms with van der Waals surface area (Å²) in [7, 11) is -4.21. The van der Waals surface area contributed by atoms with Gasteiger partial charge < -0.3 is 10.3 Å². The van der Waals surface area contributed by atoms with Crippen molar-refractivity contribution >= 4 is 15.7 Å². The van der Waals surface area contributed by atoms with Crippen molar-refractivity contribution in [3.8, 4) is 0 Å². The summed E-state index contributed by atoms with van der Waals surface area (Å²) in [5.41, 5.74) is 4.75. The van der Waals surface area contributed by atoms with E-state index in [-0.39, 0.29) is 18.3 Å². The molecule has 0 saturated heterocycles. The molecular formula is C10H10F2N4O3S. The van der Waals surface area contributed by atoms with Gasteiger partial charge in [-0.3, -0.25) is 0 Å². The first kappa shape index (κ1) is 14.3. The Bertz CT molecular complexity index is 745. The second-order valence-electron chi connectivity index (χ2n) is 3.86. The third-order valence-corrected chi connectivity index (χ3v) is 3.75. The molecule has 0 aliphatic rings. The highest BCUT2D eigenvalue weighted by atomic mass is 32.2. The average molecular weight is 304 g/mol. The molecule has 1 aromatic carbocycles. The number of anilines is 1. The monoisotopic (exact) mass is 304 g/mol.